The predicted octanol–water partition coefficient (Wildman–Crippen LogP) is 0.836. The predicted molar refractivity (Wildman–Crippen MR) is 402 cm³/mol. The number of nitrogens with zero attached hydrogens (tertiary/aromatic N) is 3. The number of hydrogen-bond donors (Lipinski definition) is 1. The van der Waals surface area contributed by atoms with Gasteiger partial charge >= 0.3 is 0 Å². The lowest BCUT2D eigenvalue weighted by Gasteiger charge is -2.09. The van der Waals surface area contributed by atoms with Crippen LogP contribution in [-0.2, 0) is 166 Å². The van der Waals surface area contributed by atoms with Gasteiger partial charge in [0.15, 0.2) is 0 Å². The van der Waals surface area contributed by atoms with Crippen LogP contribution >= 0.6 is 0 Å². The van der Waals surface area contributed by atoms with E-state index < -0.39 is 0 Å². The average Bonchev–Trinajstić information content (AvgIpc) is 3.81. The lowest BCUT2D eigenvalue weighted by Crippen LogP contribution is -2.16. The van der Waals surface area contributed by atoms with Crippen molar-refractivity contribution in [3.05, 3.63) is 10.4 Å². The molecule has 111 heavy (non-hydrogen) atoms. The molecule has 39 heteroatoms. The lowest BCUT2D eigenvalue weighted by atomic mass is 10.6. The number of azide groups is 1. The Morgan fingerprint density at radius 1 is 0.126 bits per heavy atom. The first-order valence-corrected chi connectivity index (χ1v) is 39.3. The molecule has 0 amide bonds. The van der Waals surface area contributed by atoms with Crippen molar-refractivity contribution in [3.63, 3.8) is 0 Å². The van der Waals surface area contributed by atoms with E-state index in [2.05, 4.69) is 10.0 Å². The van der Waals surface area contributed by atoms with Crippen LogP contribution in [0.5, 0.6) is 0 Å². The zero-order valence-corrected chi connectivity index (χ0v) is 67.1. The summed E-state index contributed by atoms with van der Waals surface area (Å²) < 4.78 is 192. The third-order valence-corrected chi connectivity index (χ3v) is 13.3. The number of nitrogens with two attached hydrogens (primary N) is 1. The summed E-state index contributed by atoms with van der Waals surface area (Å²) in [5, 5.41) is 3.38. The van der Waals surface area contributed by atoms with Crippen LogP contribution in [0.25, 0.3) is 10.4 Å². The minimum Gasteiger partial charge on any atom is -0.379 e. The van der Waals surface area contributed by atoms with Gasteiger partial charge in [-0.2, -0.15) is 0 Å². The van der Waals surface area contributed by atoms with Crippen molar-refractivity contribution < 1.29 is 166 Å². The largest absolute Gasteiger partial charge is 0.379 e. The first-order chi connectivity index (χ1) is 55.4. The van der Waals surface area contributed by atoms with E-state index in [1.165, 1.54) is 0 Å². The van der Waals surface area contributed by atoms with Crippen LogP contribution in [0.4, 0.5) is 0 Å². The fourth-order valence-electron chi connectivity index (χ4n) is 7.81. The second kappa shape index (κ2) is 108. The molecular weight excluding hydrogens is 1480 g/mol. The monoisotopic (exact) mass is 1630 g/mol. The normalized spacial score (nSPS) is 11.7. The standard InChI is InChI=1S/C72H146N4O35/c73-1-3-77-5-7-79-9-11-81-13-15-83-17-19-85-21-23-87-25-27-89-29-31-91-33-35-93-37-39-95-41-43-97-45-47-99-49-51-101-53-55-103-57-59-105-61-63-107-65-67-109-69-71-111-72-70-110-68-66-108-64-62-106-60-58-104-56-54-102-52-50-100-48-46-98-44-42-96-40-38-94-36-34-92-32-30-90-28-26-88-24-22-86-20-18-84-16-14-82-12-10-80-8-6-78-4-2-75-76-74/h1-73H2. The smallest absolute Gasteiger partial charge is 0.0701 e. The van der Waals surface area contributed by atoms with Gasteiger partial charge in [0.05, 0.1) is 462 Å². The SMILES string of the molecule is [N-]=[N+]=NCCOCCOCCOCCOCCOCCOCCOCCOCCOCCOCCOCCOCCOCCOCCOCCOCCOCCOCCOCCOCCOCCOCCOCCOCCOCCOCCOCCOCCOCCOCCOCCOCCOCCOCCOCCN. The Bertz CT molecular complexity index is 1660. The van der Waals surface area contributed by atoms with E-state index in [0.29, 0.717) is 476 Å². The minimum atomic E-state index is 0.318. The molecule has 0 spiro atoms. The van der Waals surface area contributed by atoms with Crippen molar-refractivity contribution in [1.82, 2.24) is 0 Å². The van der Waals surface area contributed by atoms with E-state index >= 15 is 0 Å². The molecule has 0 atom stereocenters. The average molecular weight is 1630 g/mol. The van der Waals surface area contributed by atoms with Gasteiger partial charge in [0.25, 0.3) is 0 Å². The minimum absolute atomic E-state index is 0.318. The molecule has 2 N–H and O–H groups in total. The molecule has 0 aliphatic heterocycles. The van der Waals surface area contributed by atoms with Crippen LogP contribution in [0.15, 0.2) is 5.11 Å². The summed E-state index contributed by atoms with van der Waals surface area (Å²) in [5.41, 5.74) is 13.5. The summed E-state index contributed by atoms with van der Waals surface area (Å²) >= 11 is 0. The van der Waals surface area contributed by atoms with Crippen LogP contribution in [0.1, 0.15) is 0 Å². The van der Waals surface area contributed by atoms with Gasteiger partial charge in [-0.05, 0) is 5.53 Å². The van der Waals surface area contributed by atoms with Crippen LogP contribution < -0.4 is 5.73 Å². The molecule has 0 saturated heterocycles. The Labute approximate surface area is 660 Å². The molecule has 0 fully saturated rings. The molecule has 0 rings (SSSR count). The first-order valence-electron chi connectivity index (χ1n) is 39.3. The van der Waals surface area contributed by atoms with Crippen molar-refractivity contribution in [1.29, 1.82) is 0 Å². The second-order valence-corrected chi connectivity index (χ2v) is 22.2. The Balaban J connectivity index is 3.10. The molecule has 0 aromatic heterocycles. The maximum absolute atomic E-state index is 8.18. The highest BCUT2D eigenvalue weighted by Crippen LogP contribution is 1.95. The quantitative estimate of drug-likeness (QED) is 0.0381. The van der Waals surface area contributed by atoms with Crippen LogP contribution in [0.3, 0.4) is 0 Å². The third kappa shape index (κ3) is 108. The number of hydrogen-bond acceptors (Lipinski definition) is 37. The van der Waals surface area contributed by atoms with Crippen molar-refractivity contribution in [2.24, 2.45) is 10.8 Å². The molecule has 0 heterocycles. The fraction of sp³-hybridized carbons (Fsp3) is 1.00. The Hall–Kier alpha value is -2.13. The highest BCUT2D eigenvalue weighted by atomic mass is 16.6. The van der Waals surface area contributed by atoms with E-state index in [1.54, 1.807) is 0 Å². The van der Waals surface area contributed by atoms with E-state index in [9.17, 15) is 0 Å². The summed E-state index contributed by atoms with van der Waals surface area (Å²) in [6, 6.07) is 0. The summed E-state index contributed by atoms with van der Waals surface area (Å²) in [6.07, 6.45) is 0. The summed E-state index contributed by atoms with van der Waals surface area (Å²) in [7, 11) is 0. The van der Waals surface area contributed by atoms with Crippen molar-refractivity contribution in [3.8, 4) is 0 Å². The van der Waals surface area contributed by atoms with E-state index in [4.69, 9.17) is 177 Å². The maximum atomic E-state index is 8.18. The van der Waals surface area contributed by atoms with Crippen molar-refractivity contribution in [2.45, 2.75) is 0 Å². The van der Waals surface area contributed by atoms with E-state index in [-0.39, 0.29) is 0 Å². The van der Waals surface area contributed by atoms with Crippen LogP contribution in [-0.4, -0.2) is 476 Å². The highest BCUT2D eigenvalue weighted by Gasteiger charge is 2.04. The molecule has 0 aromatic carbocycles. The summed E-state index contributed by atoms with van der Waals surface area (Å²) in [6.45, 7) is 34.6. The van der Waals surface area contributed by atoms with Gasteiger partial charge in [-0.15, -0.1) is 0 Å². The zero-order chi connectivity index (χ0) is 79.1. The molecule has 0 unspecified atom stereocenters. The number of rotatable bonds is 107. The Morgan fingerprint density at radius 3 is 0.270 bits per heavy atom. The van der Waals surface area contributed by atoms with Gasteiger partial charge in [0.1, 0.15) is 0 Å². The molecule has 0 aromatic rings. The van der Waals surface area contributed by atoms with Crippen LogP contribution in [0, 0.1) is 0 Å². The highest BCUT2D eigenvalue weighted by molar-refractivity contribution is 4.48. The Morgan fingerprint density at radius 2 is 0.198 bits per heavy atom. The Kier molecular flexibility index (Phi) is 106. The van der Waals surface area contributed by atoms with Gasteiger partial charge in [0.2, 0.25) is 0 Å². The molecule has 0 aliphatic rings. The van der Waals surface area contributed by atoms with Crippen molar-refractivity contribution in [2.75, 3.05) is 476 Å². The van der Waals surface area contributed by atoms with Gasteiger partial charge in [-0.1, -0.05) is 5.11 Å². The van der Waals surface area contributed by atoms with E-state index in [1.807, 2.05) is 0 Å². The molecule has 0 radical (unpaired) electrons. The molecule has 664 valence electrons. The van der Waals surface area contributed by atoms with E-state index in [0.717, 1.165) is 0 Å². The van der Waals surface area contributed by atoms with Crippen molar-refractivity contribution >= 4 is 0 Å². The molecule has 0 saturated carbocycles. The molecule has 39 nitrogen and oxygen atoms in total. The zero-order valence-electron chi connectivity index (χ0n) is 67.1. The van der Waals surface area contributed by atoms with Gasteiger partial charge in [-0.3, -0.25) is 0 Å². The maximum Gasteiger partial charge on any atom is 0.0701 e. The summed E-state index contributed by atoms with van der Waals surface area (Å²) in [5.74, 6) is 0. The first kappa shape index (κ1) is 109. The number of ether oxygens (including phenoxy) is 35. The third-order valence-electron chi connectivity index (χ3n) is 13.3. The van der Waals surface area contributed by atoms with Gasteiger partial charge < -0.3 is 172 Å². The fourth-order valence-corrected chi connectivity index (χ4v) is 7.81. The van der Waals surface area contributed by atoms with Gasteiger partial charge in [0, 0.05) is 18.0 Å². The second-order valence-electron chi connectivity index (χ2n) is 22.2. The topological polar surface area (TPSA) is 398 Å². The molecule has 0 bridgehead atoms. The van der Waals surface area contributed by atoms with Gasteiger partial charge in [-0.25, -0.2) is 0 Å². The molecule has 0 aliphatic carbocycles. The summed E-state index contributed by atoms with van der Waals surface area (Å²) in [4.78, 5) is 2.65. The molecular formula is C72H146N4O35. The van der Waals surface area contributed by atoms with Crippen LogP contribution in [0.2, 0.25) is 0 Å². The lowest BCUT2D eigenvalue weighted by molar-refractivity contribution is -0.0327.